The highest BCUT2D eigenvalue weighted by Gasteiger charge is 2.49. The Morgan fingerprint density at radius 2 is 1.79 bits per heavy atom. The first-order valence-electron chi connectivity index (χ1n) is 11.1. The second kappa shape index (κ2) is 7.64. The topological polar surface area (TPSA) is 54.3 Å². The number of nitrogens with zero attached hydrogens (tertiary/aromatic N) is 2. The van der Waals surface area contributed by atoms with Crippen LogP contribution in [0.25, 0.3) is 10.9 Å². The number of aromatic nitrogens is 1. The molecule has 0 saturated heterocycles. The predicted octanol–water partition coefficient (Wildman–Crippen LogP) is 5.14. The second-order valence-electron chi connectivity index (χ2n) is 9.09. The van der Waals surface area contributed by atoms with Crippen LogP contribution >= 0.6 is 0 Å². The van der Waals surface area contributed by atoms with Crippen LogP contribution in [-0.2, 0) is 17.5 Å². The molecule has 3 aromatic rings. The minimum Gasteiger partial charge on any atom is -0.351 e. The number of halogens is 3. The quantitative estimate of drug-likeness (QED) is 0.595. The van der Waals surface area contributed by atoms with Crippen molar-refractivity contribution in [3.8, 4) is 0 Å². The van der Waals surface area contributed by atoms with Crippen LogP contribution in [0.5, 0.6) is 0 Å². The van der Waals surface area contributed by atoms with Crippen LogP contribution in [0.1, 0.15) is 48.7 Å². The number of nitrogens with one attached hydrogen (secondary N) is 1. The molecule has 2 aromatic carbocycles. The van der Waals surface area contributed by atoms with Crippen LogP contribution in [0.15, 0.2) is 54.6 Å². The van der Waals surface area contributed by atoms with Crippen LogP contribution in [0.3, 0.4) is 0 Å². The van der Waals surface area contributed by atoms with E-state index in [0.29, 0.717) is 5.69 Å². The second-order valence-corrected chi connectivity index (χ2v) is 9.09. The molecule has 1 saturated carbocycles. The van der Waals surface area contributed by atoms with Gasteiger partial charge < -0.3 is 9.88 Å². The van der Waals surface area contributed by atoms with E-state index < -0.39 is 23.2 Å². The molecule has 0 spiro atoms. The van der Waals surface area contributed by atoms with Gasteiger partial charge in [-0.25, -0.2) is 0 Å². The standard InChI is InChI=1S/C25H24F3N3O2/c1-24(23(33)29-18-9-3-4-10-18)15-30-20-12-5-2-7-16(20)13-21(30)22(32)31(24)19-11-6-8-17(14-19)25(26,27)28/h2,5-8,11-14,18H,3-4,9-10,15H2,1H3,(H,29,33)/t24-/m1/s1. The van der Waals surface area contributed by atoms with E-state index in [1.165, 1.54) is 17.0 Å². The maximum atomic E-state index is 13.7. The highest BCUT2D eigenvalue weighted by Crippen LogP contribution is 2.38. The number of anilines is 1. The number of benzene rings is 2. The van der Waals surface area contributed by atoms with E-state index in [9.17, 15) is 22.8 Å². The van der Waals surface area contributed by atoms with Gasteiger partial charge in [0.05, 0.1) is 12.1 Å². The smallest absolute Gasteiger partial charge is 0.351 e. The summed E-state index contributed by atoms with van der Waals surface area (Å²) in [7, 11) is 0. The summed E-state index contributed by atoms with van der Waals surface area (Å²) >= 11 is 0. The Hall–Kier alpha value is -3.29. The molecule has 0 bridgehead atoms. The third-order valence-corrected chi connectivity index (χ3v) is 6.80. The van der Waals surface area contributed by atoms with E-state index in [1.807, 2.05) is 24.3 Å². The van der Waals surface area contributed by atoms with E-state index in [-0.39, 0.29) is 24.2 Å². The van der Waals surface area contributed by atoms with Crippen LogP contribution in [0.2, 0.25) is 0 Å². The first kappa shape index (κ1) is 21.6. The molecule has 8 heteroatoms. The Morgan fingerprint density at radius 3 is 2.52 bits per heavy atom. The Kier molecular flexibility index (Phi) is 4.99. The van der Waals surface area contributed by atoms with Gasteiger partial charge >= 0.3 is 6.18 Å². The largest absolute Gasteiger partial charge is 0.416 e. The van der Waals surface area contributed by atoms with E-state index >= 15 is 0 Å². The lowest BCUT2D eigenvalue weighted by atomic mass is 9.93. The summed E-state index contributed by atoms with van der Waals surface area (Å²) in [6.45, 7) is 1.77. The molecule has 0 unspecified atom stereocenters. The molecule has 1 aliphatic heterocycles. The molecule has 1 fully saturated rings. The zero-order chi connectivity index (χ0) is 23.4. The highest BCUT2D eigenvalue weighted by molar-refractivity contribution is 6.14. The van der Waals surface area contributed by atoms with Gasteiger partial charge in [0.2, 0.25) is 5.91 Å². The number of amides is 2. The van der Waals surface area contributed by atoms with Gasteiger partial charge in [-0.1, -0.05) is 37.1 Å². The molecular formula is C25H24F3N3O2. The molecular weight excluding hydrogens is 431 g/mol. The summed E-state index contributed by atoms with van der Waals surface area (Å²) < 4.78 is 42.1. The van der Waals surface area contributed by atoms with Crippen molar-refractivity contribution in [3.63, 3.8) is 0 Å². The summed E-state index contributed by atoms with van der Waals surface area (Å²) in [5.41, 5.74) is -1.06. The molecule has 1 atom stereocenters. The van der Waals surface area contributed by atoms with Crippen molar-refractivity contribution in [3.05, 3.63) is 65.9 Å². The van der Waals surface area contributed by atoms with Crippen molar-refractivity contribution in [1.82, 2.24) is 9.88 Å². The molecule has 1 aromatic heterocycles. The summed E-state index contributed by atoms with van der Waals surface area (Å²) in [5.74, 6) is -0.857. The van der Waals surface area contributed by atoms with Gasteiger partial charge in [-0.05, 0) is 50.1 Å². The lowest BCUT2D eigenvalue weighted by Crippen LogP contribution is -2.65. The fourth-order valence-electron chi connectivity index (χ4n) is 5.08. The molecule has 5 rings (SSSR count). The minimum atomic E-state index is -4.56. The van der Waals surface area contributed by atoms with Crippen molar-refractivity contribution in [2.24, 2.45) is 0 Å². The fourth-order valence-corrected chi connectivity index (χ4v) is 5.08. The highest BCUT2D eigenvalue weighted by atomic mass is 19.4. The predicted molar refractivity (Wildman–Crippen MR) is 119 cm³/mol. The van der Waals surface area contributed by atoms with E-state index in [4.69, 9.17) is 0 Å². The number of hydrogen-bond acceptors (Lipinski definition) is 2. The van der Waals surface area contributed by atoms with E-state index in [0.717, 1.165) is 48.7 Å². The van der Waals surface area contributed by atoms with Crippen molar-refractivity contribution < 1.29 is 22.8 Å². The van der Waals surface area contributed by atoms with Gasteiger partial charge in [-0.2, -0.15) is 13.2 Å². The number of fused-ring (bicyclic) bond motifs is 3. The normalized spacial score (nSPS) is 21.5. The third kappa shape index (κ3) is 3.57. The number of hydrogen-bond donors (Lipinski definition) is 1. The summed E-state index contributed by atoms with van der Waals surface area (Å²) in [6, 6.07) is 13.8. The lowest BCUT2D eigenvalue weighted by Gasteiger charge is -2.44. The van der Waals surface area contributed by atoms with Crippen LogP contribution in [0.4, 0.5) is 18.9 Å². The van der Waals surface area contributed by atoms with Gasteiger partial charge in [0.1, 0.15) is 11.2 Å². The monoisotopic (exact) mass is 455 g/mol. The number of para-hydroxylation sites is 1. The van der Waals surface area contributed by atoms with Crippen LogP contribution in [-0.4, -0.2) is 28.0 Å². The molecule has 1 N–H and O–H groups in total. The lowest BCUT2D eigenvalue weighted by molar-refractivity contribution is -0.137. The fraction of sp³-hybridized carbons (Fsp3) is 0.360. The van der Waals surface area contributed by atoms with Gasteiger partial charge in [0, 0.05) is 22.6 Å². The molecule has 2 heterocycles. The summed E-state index contributed by atoms with van der Waals surface area (Å²) in [6.07, 6.45) is -0.811. The zero-order valence-corrected chi connectivity index (χ0v) is 18.2. The molecule has 0 radical (unpaired) electrons. The van der Waals surface area contributed by atoms with Gasteiger partial charge in [-0.3, -0.25) is 14.5 Å². The average molecular weight is 455 g/mol. The molecule has 2 aliphatic rings. The molecule has 172 valence electrons. The summed E-state index contributed by atoms with van der Waals surface area (Å²) in [4.78, 5) is 28.6. The Bertz CT molecular complexity index is 1240. The third-order valence-electron chi connectivity index (χ3n) is 6.80. The molecule has 2 amide bonds. The van der Waals surface area contributed by atoms with Gasteiger partial charge in [0.25, 0.3) is 5.91 Å². The summed E-state index contributed by atoms with van der Waals surface area (Å²) in [5, 5.41) is 3.90. The maximum absolute atomic E-state index is 13.7. The van der Waals surface area contributed by atoms with Gasteiger partial charge in [-0.15, -0.1) is 0 Å². The first-order valence-corrected chi connectivity index (χ1v) is 11.1. The molecule has 1 aliphatic carbocycles. The number of alkyl halides is 3. The number of carbonyl (C=O) groups is 2. The zero-order valence-electron chi connectivity index (χ0n) is 18.2. The number of rotatable bonds is 3. The first-order chi connectivity index (χ1) is 15.7. The maximum Gasteiger partial charge on any atom is 0.416 e. The van der Waals surface area contributed by atoms with Crippen molar-refractivity contribution in [2.45, 2.75) is 56.9 Å². The van der Waals surface area contributed by atoms with E-state index in [1.54, 1.807) is 17.6 Å². The van der Waals surface area contributed by atoms with Crippen molar-refractivity contribution in [2.75, 3.05) is 4.90 Å². The Morgan fingerprint density at radius 1 is 1.06 bits per heavy atom. The Labute approximate surface area is 189 Å². The SMILES string of the molecule is C[C@]1(C(=O)NC2CCCC2)Cn2c(cc3ccccc32)C(=O)N1c1cccc(C(F)(F)F)c1. The molecule has 5 nitrogen and oxygen atoms in total. The van der Waals surface area contributed by atoms with Crippen LogP contribution in [0, 0.1) is 0 Å². The van der Waals surface area contributed by atoms with E-state index in [2.05, 4.69) is 5.32 Å². The Balaban J connectivity index is 1.65. The molecule has 33 heavy (non-hydrogen) atoms. The minimum absolute atomic E-state index is 0.00981. The average Bonchev–Trinajstić information content (AvgIpc) is 3.41. The van der Waals surface area contributed by atoms with Gasteiger partial charge in [0.15, 0.2) is 0 Å². The van der Waals surface area contributed by atoms with Crippen molar-refractivity contribution >= 4 is 28.4 Å². The number of carbonyl (C=O) groups excluding carboxylic acids is 2. The van der Waals surface area contributed by atoms with Crippen LogP contribution < -0.4 is 10.2 Å². The van der Waals surface area contributed by atoms with Crippen molar-refractivity contribution in [1.29, 1.82) is 0 Å².